The molecule has 5 heteroatoms. The maximum absolute atomic E-state index is 12.9. The molecule has 0 bridgehead atoms. The number of nitriles is 1. The zero-order chi connectivity index (χ0) is 18.4. The van der Waals surface area contributed by atoms with Crippen molar-refractivity contribution in [1.82, 2.24) is 0 Å². The van der Waals surface area contributed by atoms with Crippen LogP contribution in [0.2, 0.25) is 0 Å². The van der Waals surface area contributed by atoms with Gasteiger partial charge in [0.25, 0.3) is 0 Å². The summed E-state index contributed by atoms with van der Waals surface area (Å²) in [5, 5.41) is 19.7. The molecule has 2 aliphatic rings. The van der Waals surface area contributed by atoms with E-state index < -0.39 is 22.7 Å². The van der Waals surface area contributed by atoms with E-state index in [1.165, 1.54) is 0 Å². The topological polar surface area (TPSA) is 104 Å². The lowest BCUT2D eigenvalue weighted by molar-refractivity contribution is -0.142. The summed E-state index contributed by atoms with van der Waals surface area (Å²) < 4.78 is 0. The standard InChI is InChI=1S/C20H24N2O3/c1-3-19-15(17(19)18(24)25)9-14(20(19,11-22)16(23)10-21)8-13-6-4-5-12(2)7-13/h4-7,14-15,17H,3,8-10,21H2,1-2H3,(H,24,25). The van der Waals surface area contributed by atoms with E-state index in [1.807, 2.05) is 32.0 Å². The highest BCUT2D eigenvalue weighted by Crippen LogP contribution is 2.79. The maximum atomic E-state index is 12.9. The highest BCUT2D eigenvalue weighted by atomic mass is 16.4. The molecule has 25 heavy (non-hydrogen) atoms. The number of fused-ring (bicyclic) bond motifs is 1. The monoisotopic (exact) mass is 340 g/mol. The molecule has 0 saturated heterocycles. The second-order valence-electron chi connectivity index (χ2n) is 7.49. The lowest BCUT2D eigenvalue weighted by atomic mass is 9.61. The van der Waals surface area contributed by atoms with Crippen molar-refractivity contribution in [1.29, 1.82) is 5.26 Å². The van der Waals surface area contributed by atoms with E-state index in [-0.39, 0.29) is 24.2 Å². The normalized spacial score (nSPS) is 35.7. The van der Waals surface area contributed by atoms with Gasteiger partial charge in [0.05, 0.1) is 18.5 Å². The summed E-state index contributed by atoms with van der Waals surface area (Å²) >= 11 is 0. The molecule has 0 aliphatic heterocycles. The van der Waals surface area contributed by atoms with Gasteiger partial charge in [-0.25, -0.2) is 0 Å². The fourth-order valence-corrected chi connectivity index (χ4v) is 5.69. The van der Waals surface area contributed by atoms with Gasteiger partial charge in [-0.2, -0.15) is 5.26 Å². The fraction of sp³-hybridized carbons (Fsp3) is 0.550. The predicted octanol–water partition coefficient (Wildman–Crippen LogP) is 2.32. The molecule has 2 aliphatic carbocycles. The average molecular weight is 340 g/mol. The summed E-state index contributed by atoms with van der Waals surface area (Å²) in [5.74, 6) is -2.11. The van der Waals surface area contributed by atoms with Gasteiger partial charge in [-0.1, -0.05) is 36.8 Å². The zero-order valence-corrected chi connectivity index (χ0v) is 14.7. The molecule has 0 spiro atoms. The van der Waals surface area contributed by atoms with Crippen molar-refractivity contribution in [2.24, 2.45) is 34.3 Å². The van der Waals surface area contributed by atoms with Gasteiger partial charge in [0.15, 0.2) is 5.78 Å². The first-order chi connectivity index (χ1) is 11.9. The summed E-state index contributed by atoms with van der Waals surface area (Å²) in [5.41, 5.74) is 5.80. The molecule has 0 aromatic heterocycles. The smallest absolute Gasteiger partial charge is 0.307 e. The van der Waals surface area contributed by atoms with Crippen LogP contribution in [0.25, 0.3) is 0 Å². The molecule has 3 N–H and O–H groups in total. The maximum Gasteiger partial charge on any atom is 0.307 e. The van der Waals surface area contributed by atoms with Crippen molar-refractivity contribution in [3.63, 3.8) is 0 Å². The fourth-order valence-electron chi connectivity index (χ4n) is 5.69. The van der Waals surface area contributed by atoms with Gasteiger partial charge in [0.1, 0.15) is 5.41 Å². The van der Waals surface area contributed by atoms with Gasteiger partial charge < -0.3 is 10.8 Å². The summed E-state index contributed by atoms with van der Waals surface area (Å²) in [6.45, 7) is 3.67. The van der Waals surface area contributed by atoms with Crippen LogP contribution >= 0.6 is 0 Å². The average Bonchev–Trinajstić information content (AvgIpc) is 3.16. The molecule has 132 valence electrons. The Balaban J connectivity index is 2.05. The Hall–Kier alpha value is -2.19. The number of hydrogen-bond acceptors (Lipinski definition) is 4. The number of rotatable bonds is 6. The number of benzene rings is 1. The minimum atomic E-state index is -1.30. The third kappa shape index (κ3) is 2.17. The van der Waals surface area contributed by atoms with Gasteiger partial charge in [-0.15, -0.1) is 0 Å². The van der Waals surface area contributed by atoms with Crippen molar-refractivity contribution < 1.29 is 14.7 Å². The Kier molecular flexibility index (Phi) is 4.20. The highest BCUT2D eigenvalue weighted by molar-refractivity contribution is 5.94. The number of carbonyl (C=O) groups is 2. The van der Waals surface area contributed by atoms with Crippen LogP contribution in [-0.2, 0) is 16.0 Å². The Morgan fingerprint density at radius 1 is 1.44 bits per heavy atom. The lowest BCUT2D eigenvalue weighted by Gasteiger charge is -2.37. The van der Waals surface area contributed by atoms with Crippen LogP contribution in [0.5, 0.6) is 0 Å². The van der Waals surface area contributed by atoms with E-state index in [1.54, 1.807) is 0 Å². The van der Waals surface area contributed by atoms with E-state index in [2.05, 4.69) is 12.1 Å². The molecule has 1 aromatic carbocycles. The number of nitrogens with zero attached hydrogens (tertiary/aromatic N) is 1. The largest absolute Gasteiger partial charge is 0.481 e. The predicted molar refractivity (Wildman–Crippen MR) is 92.4 cm³/mol. The number of carboxylic acid groups (broad SMARTS) is 1. The van der Waals surface area contributed by atoms with E-state index in [4.69, 9.17) is 5.73 Å². The van der Waals surface area contributed by atoms with Gasteiger partial charge in [0.2, 0.25) is 0 Å². The van der Waals surface area contributed by atoms with Crippen molar-refractivity contribution in [2.45, 2.75) is 33.1 Å². The van der Waals surface area contributed by atoms with Crippen molar-refractivity contribution >= 4 is 11.8 Å². The number of nitrogens with two attached hydrogens (primary N) is 1. The van der Waals surface area contributed by atoms with Crippen LogP contribution < -0.4 is 5.73 Å². The van der Waals surface area contributed by atoms with Gasteiger partial charge in [0, 0.05) is 5.41 Å². The summed E-state index contributed by atoms with van der Waals surface area (Å²) in [7, 11) is 0. The molecule has 0 amide bonds. The number of carbonyl (C=O) groups excluding carboxylic acids is 1. The first kappa shape index (κ1) is 17.6. The van der Waals surface area contributed by atoms with Crippen LogP contribution in [0.1, 0.15) is 30.9 Å². The summed E-state index contributed by atoms with van der Waals surface area (Å²) in [6.07, 6.45) is 1.71. The number of aryl methyl sites for hydroxylation is 1. The first-order valence-corrected chi connectivity index (χ1v) is 8.82. The molecular weight excluding hydrogens is 316 g/mol. The van der Waals surface area contributed by atoms with E-state index in [0.29, 0.717) is 19.3 Å². The SMILES string of the molecule is CCC12C(CC(Cc3cccc(C)c3)C1(C#N)C(=O)CN)C2C(=O)O. The van der Waals surface area contributed by atoms with Crippen LogP contribution in [0.15, 0.2) is 24.3 Å². The zero-order valence-electron chi connectivity index (χ0n) is 14.7. The molecule has 3 rings (SSSR count). The van der Waals surface area contributed by atoms with E-state index >= 15 is 0 Å². The van der Waals surface area contributed by atoms with E-state index in [0.717, 1.165) is 11.1 Å². The molecule has 2 fully saturated rings. The Labute approximate surface area is 147 Å². The Morgan fingerprint density at radius 3 is 2.68 bits per heavy atom. The van der Waals surface area contributed by atoms with Gasteiger partial charge in [-0.05, 0) is 43.6 Å². The minimum Gasteiger partial charge on any atom is -0.481 e. The Morgan fingerprint density at radius 2 is 2.16 bits per heavy atom. The summed E-state index contributed by atoms with van der Waals surface area (Å²) in [6, 6.07) is 10.3. The van der Waals surface area contributed by atoms with Crippen LogP contribution in [-0.4, -0.2) is 23.4 Å². The van der Waals surface area contributed by atoms with Gasteiger partial charge >= 0.3 is 5.97 Å². The van der Waals surface area contributed by atoms with Crippen molar-refractivity contribution in [3.05, 3.63) is 35.4 Å². The number of ketones is 1. The molecule has 2 saturated carbocycles. The highest BCUT2D eigenvalue weighted by Gasteiger charge is 2.83. The summed E-state index contributed by atoms with van der Waals surface area (Å²) in [4.78, 5) is 24.6. The van der Waals surface area contributed by atoms with Crippen molar-refractivity contribution in [3.8, 4) is 6.07 Å². The molecule has 1 aromatic rings. The number of carboxylic acids is 1. The van der Waals surface area contributed by atoms with Crippen molar-refractivity contribution in [2.75, 3.05) is 6.54 Å². The molecule has 0 radical (unpaired) electrons. The number of hydrogen-bond donors (Lipinski definition) is 2. The van der Waals surface area contributed by atoms with Crippen LogP contribution in [0.3, 0.4) is 0 Å². The second kappa shape index (κ2) is 5.96. The minimum absolute atomic E-state index is 0.111. The quantitative estimate of drug-likeness (QED) is 0.827. The molecule has 0 heterocycles. The second-order valence-corrected chi connectivity index (χ2v) is 7.49. The lowest BCUT2D eigenvalue weighted by Crippen LogP contribution is -2.48. The van der Waals surface area contributed by atoms with Gasteiger partial charge in [-0.3, -0.25) is 9.59 Å². The van der Waals surface area contributed by atoms with E-state index in [9.17, 15) is 20.0 Å². The molecular formula is C20H24N2O3. The Bertz CT molecular complexity index is 768. The molecule has 5 atom stereocenters. The molecule has 5 unspecified atom stereocenters. The number of Topliss-reactive ketones (excluding diaryl/α,β-unsaturated/α-hetero) is 1. The van der Waals surface area contributed by atoms with Crippen LogP contribution in [0.4, 0.5) is 0 Å². The van der Waals surface area contributed by atoms with Crippen LogP contribution in [0, 0.1) is 46.8 Å². The molecule has 5 nitrogen and oxygen atoms in total. The number of aliphatic carboxylic acids is 1. The third-order valence-electron chi connectivity index (χ3n) is 6.61. The third-order valence-corrected chi connectivity index (χ3v) is 6.61. The first-order valence-electron chi connectivity index (χ1n) is 8.82.